The van der Waals surface area contributed by atoms with Gasteiger partial charge in [0.05, 0.1) is 12.0 Å². The third-order valence-corrected chi connectivity index (χ3v) is 4.46. The molecule has 0 aliphatic rings. The van der Waals surface area contributed by atoms with Gasteiger partial charge in [0.15, 0.2) is 0 Å². The number of ether oxygens (including phenoxy) is 1. The number of hydrogen-bond donors (Lipinski definition) is 2. The molecule has 2 N–H and O–H groups in total. The molecule has 0 amide bonds. The maximum atomic E-state index is 12.2. The van der Waals surface area contributed by atoms with Crippen LogP contribution in [0, 0.1) is 0 Å². The zero-order chi connectivity index (χ0) is 16.2. The minimum atomic E-state index is -3.93. The minimum Gasteiger partial charge on any atom is -0.497 e. The highest BCUT2D eigenvalue weighted by molar-refractivity contribution is 7.89. The van der Waals surface area contributed by atoms with Gasteiger partial charge in [-0.2, -0.15) is 4.72 Å². The van der Waals surface area contributed by atoms with E-state index in [1.807, 2.05) is 0 Å². The average molecular weight is 321 g/mol. The van der Waals surface area contributed by atoms with E-state index in [4.69, 9.17) is 4.74 Å². The second-order valence-electron chi connectivity index (χ2n) is 4.48. The third kappa shape index (κ3) is 3.63. The number of carboxylic acid groups (broad SMARTS) is 1. The predicted molar refractivity (Wildman–Crippen MR) is 80.1 cm³/mol. The number of nitrogens with one attached hydrogen (secondary N) is 1. The Morgan fingerprint density at radius 1 is 1.09 bits per heavy atom. The summed E-state index contributed by atoms with van der Waals surface area (Å²) >= 11 is 0. The highest BCUT2D eigenvalue weighted by Crippen LogP contribution is 2.20. The fourth-order valence-corrected chi connectivity index (χ4v) is 3.08. The Kier molecular flexibility index (Phi) is 4.79. The van der Waals surface area contributed by atoms with Crippen LogP contribution in [0.3, 0.4) is 0 Å². The summed E-state index contributed by atoms with van der Waals surface area (Å²) < 4.78 is 31.7. The Hall–Kier alpha value is -2.38. The molecule has 2 rings (SSSR count). The van der Waals surface area contributed by atoms with Crippen LogP contribution in [0.15, 0.2) is 59.5 Å². The Morgan fingerprint density at radius 2 is 1.68 bits per heavy atom. The molecule has 0 spiro atoms. The normalized spacial score (nSPS) is 12.6. The molecule has 1 atom stereocenters. The van der Waals surface area contributed by atoms with E-state index in [0.717, 1.165) is 0 Å². The second-order valence-corrected chi connectivity index (χ2v) is 6.19. The average Bonchev–Trinajstić information content (AvgIpc) is 2.53. The standard InChI is InChI=1S/C15H15NO5S/c1-21-12-9-7-11(8-10-12)14(15(17)18)16-22(19,20)13-5-3-2-4-6-13/h2-10,14,16H,1H3,(H,17,18). The summed E-state index contributed by atoms with van der Waals surface area (Å²) in [6.07, 6.45) is 0. The summed E-state index contributed by atoms with van der Waals surface area (Å²) in [5.41, 5.74) is 0.313. The van der Waals surface area contributed by atoms with Crippen LogP contribution in [-0.2, 0) is 14.8 Å². The van der Waals surface area contributed by atoms with Gasteiger partial charge in [-0.3, -0.25) is 4.79 Å². The maximum Gasteiger partial charge on any atom is 0.326 e. The first-order chi connectivity index (χ1) is 10.4. The van der Waals surface area contributed by atoms with Crippen molar-refractivity contribution in [2.75, 3.05) is 7.11 Å². The molecule has 7 heteroatoms. The maximum absolute atomic E-state index is 12.2. The Labute approximate surface area is 128 Å². The Balaban J connectivity index is 2.31. The molecule has 0 aliphatic carbocycles. The monoisotopic (exact) mass is 321 g/mol. The molecule has 22 heavy (non-hydrogen) atoms. The summed E-state index contributed by atoms with van der Waals surface area (Å²) in [4.78, 5) is 11.4. The summed E-state index contributed by atoms with van der Waals surface area (Å²) in [5.74, 6) is -0.733. The predicted octanol–water partition coefficient (Wildman–Crippen LogP) is 1.80. The van der Waals surface area contributed by atoms with Crippen molar-refractivity contribution in [1.29, 1.82) is 0 Å². The molecule has 2 aromatic carbocycles. The van der Waals surface area contributed by atoms with E-state index in [-0.39, 0.29) is 4.90 Å². The van der Waals surface area contributed by atoms with E-state index in [2.05, 4.69) is 4.72 Å². The summed E-state index contributed by atoms with van der Waals surface area (Å²) in [6.45, 7) is 0. The van der Waals surface area contributed by atoms with E-state index < -0.39 is 22.0 Å². The summed E-state index contributed by atoms with van der Waals surface area (Å²) in [5, 5.41) is 9.31. The van der Waals surface area contributed by atoms with Gasteiger partial charge in [0.25, 0.3) is 0 Å². The van der Waals surface area contributed by atoms with Gasteiger partial charge in [-0.25, -0.2) is 8.42 Å². The van der Waals surface area contributed by atoms with E-state index in [9.17, 15) is 18.3 Å². The van der Waals surface area contributed by atoms with Crippen LogP contribution in [0.2, 0.25) is 0 Å². The fourth-order valence-electron chi connectivity index (χ4n) is 1.88. The highest BCUT2D eigenvalue weighted by atomic mass is 32.2. The number of methoxy groups -OCH3 is 1. The molecule has 0 bridgehead atoms. The number of carbonyl (C=O) groups is 1. The van der Waals surface area contributed by atoms with Crippen molar-refractivity contribution < 1.29 is 23.1 Å². The molecule has 0 aliphatic heterocycles. The van der Waals surface area contributed by atoms with Crippen molar-refractivity contribution in [2.45, 2.75) is 10.9 Å². The third-order valence-electron chi connectivity index (χ3n) is 3.02. The Morgan fingerprint density at radius 3 is 2.18 bits per heavy atom. The van der Waals surface area contributed by atoms with Crippen LogP contribution in [-0.4, -0.2) is 26.6 Å². The van der Waals surface area contributed by atoms with Crippen molar-refractivity contribution in [1.82, 2.24) is 4.72 Å². The van der Waals surface area contributed by atoms with Crippen LogP contribution in [0.1, 0.15) is 11.6 Å². The largest absolute Gasteiger partial charge is 0.497 e. The lowest BCUT2D eigenvalue weighted by Gasteiger charge is -2.15. The number of hydrogen-bond acceptors (Lipinski definition) is 4. The van der Waals surface area contributed by atoms with Gasteiger partial charge in [-0.15, -0.1) is 0 Å². The van der Waals surface area contributed by atoms with Gasteiger partial charge in [0.2, 0.25) is 10.0 Å². The highest BCUT2D eigenvalue weighted by Gasteiger charge is 2.26. The van der Waals surface area contributed by atoms with Crippen LogP contribution in [0.5, 0.6) is 5.75 Å². The van der Waals surface area contributed by atoms with Crippen LogP contribution in [0.4, 0.5) is 0 Å². The van der Waals surface area contributed by atoms with Gasteiger partial charge in [0.1, 0.15) is 11.8 Å². The lowest BCUT2D eigenvalue weighted by Crippen LogP contribution is -2.33. The van der Waals surface area contributed by atoms with Gasteiger partial charge >= 0.3 is 5.97 Å². The van der Waals surface area contributed by atoms with Gasteiger partial charge in [-0.05, 0) is 29.8 Å². The first kappa shape index (κ1) is 16.0. The van der Waals surface area contributed by atoms with E-state index in [1.54, 1.807) is 30.3 Å². The fraction of sp³-hybridized carbons (Fsp3) is 0.133. The second kappa shape index (κ2) is 6.59. The zero-order valence-corrected chi connectivity index (χ0v) is 12.6. The topological polar surface area (TPSA) is 92.7 Å². The molecule has 0 heterocycles. The lowest BCUT2D eigenvalue weighted by molar-refractivity contribution is -0.139. The molecular formula is C15H15NO5S. The SMILES string of the molecule is COc1ccc(C(NS(=O)(=O)c2ccccc2)C(=O)O)cc1. The van der Waals surface area contributed by atoms with Crippen molar-refractivity contribution in [2.24, 2.45) is 0 Å². The molecule has 0 saturated carbocycles. The van der Waals surface area contributed by atoms with Crippen molar-refractivity contribution in [3.63, 3.8) is 0 Å². The minimum absolute atomic E-state index is 0.00904. The molecule has 2 aromatic rings. The number of aliphatic carboxylic acids is 1. The Bertz CT molecular complexity index is 741. The van der Waals surface area contributed by atoms with Crippen molar-refractivity contribution in [3.8, 4) is 5.75 Å². The first-order valence-corrected chi connectivity index (χ1v) is 7.86. The molecular weight excluding hydrogens is 306 g/mol. The number of carboxylic acids is 1. The van der Waals surface area contributed by atoms with Gasteiger partial charge in [0, 0.05) is 0 Å². The smallest absolute Gasteiger partial charge is 0.326 e. The van der Waals surface area contributed by atoms with E-state index >= 15 is 0 Å². The van der Waals surface area contributed by atoms with E-state index in [0.29, 0.717) is 11.3 Å². The summed E-state index contributed by atoms with van der Waals surface area (Å²) in [7, 11) is -2.44. The van der Waals surface area contributed by atoms with Crippen molar-refractivity contribution in [3.05, 3.63) is 60.2 Å². The van der Waals surface area contributed by atoms with Crippen LogP contribution >= 0.6 is 0 Å². The molecule has 0 radical (unpaired) electrons. The summed E-state index contributed by atoms with van der Waals surface area (Å²) in [6, 6.07) is 12.4. The quantitative estimate of drug-likeness (QED) is 0.846. The van der Waals surface area contributed by atoms with Gasteiger partial charge in [-0.1, -0.05) is 30.3 Å². The van der Waals surface area contributed by atoms with Crippen molar-refractivity contribution >= 4 is 16.0 Å². The molecule has 6 nitrogen and oxygen atoms in total. The number of benzene rings is 2. The first-order valence-electron chi connectivity index (χ1n) is 6.38. The number of rotatable bonds is 6. The number of sulfonamides is 1. The molecule has 0 saturated heterocycles. The molecule has 0 fully saturated rings. The van der Waals surface area contributed by atoms with Crippen LogP contribution < -0.4 is 9.46 Å². The molecule has 0 aromatic heterocycles. The van der Waals surface area contributed by atoms with E-state index in [1.165, 1.54) is 31.4 Å². The van der Waals surface area contributed by atoms with Gasteiger partial charge < -0.3 is 9.84 Å². The van der Waals surface area contributed by atoms with Crippen LogP contribution in [0.25, 0.3) is 0 Å². The molecule has 1 unspecified atom stereocenters. The lowest BCUT2D eigenvalue weighted by atomic mass is 10.1. The molecule has 116 valence electrons. The zero-order valence-electron chi connectivity index (χ0n) is 11.8.